The van der Waals surface area contributed by atoms with E-state index in [2.05, 4.69) is 0 Å². The summed E-state index contributed by atoms with van der Waals surface area (Å²) in [7, 11) is -10.6. The summed E-state index contributed by atoms with van der Waals surface area (Å²) in [6.07, 6.45) is -3.97. The minimum Gasteiger partial charge on any atom is -0.507 e. The number of phenolic OH excluding ortho intramolecular Hbond substituents is 1. The van der Waals surface area contributed by atoms with Gasteiger partial charge < -0.3 is 28.3 Å². The Morgan fingerprint density at radius 1 is 0.494 bits per heavy atom. The van der Waals surface area contributed by atoms with Gasteiger partial charge >= 0.3 is 22.5 Å². The molecule has 0 spiro atoms. The fourth-order valence-electron chi connectivity index (χ4n) is 10.0. The third kappa shape index (κ3) is 13.2. The first-order valence-corrected chi connectivity index (χ1v) is 29.8. The molecule has 0 aliphatic rings. The second-order valence-corrected chi connectivity index (χ2v) is 25.0. The van der Waals surface area contributed by atoms with Gasteiger partial charge in [0.15, 0.2) is 17.3 Å². The Hall–Kier alpha value is -8.66. The van der Waals surface area contributed by atoms with E-state index in [0.29, 0.717) is 57.7 Å². The average Bonchev–Trinajstić information content (AvgIpc) is 0.743. The standard InChI is InChI=1S/C66H60F6O13S2/c1-33(2)11-25-43-51(47-31-37(9)15-29-49(47)86(78,79)80)44(26-12-34(3)4)63-53(56(74)58(76)60(83-63)39-17-21-41(22-18-39)65(67,68)69)52(43)48-32-38(10)16-30-50(48)87(81,82)85-62-45(27-13-35(5)6)55(73)54-57(75)59(77)61(84-64(54)46(62)28-14-36(7)8)40-19-23-42(24-20-40)66(70,71)72/h11-24,29-32,73,76-77H,25-28H2,1-10H3,(H,78,79,80). The monoisotopic (exact) mass is 1240 g/mol. The van der Waals surface area contributed by atoms with Crippen LogP contribution >= 0.6 is 0 Å². The maximum absolute atomic E-state index is 16.0. The van der Waals surface area contributed by atoms with Crippen molar-refractivity contribution in [3.63, 3.8) is 0 Å². The maximum Gasteiger partial charge on any atom is 0.416 e. The van der Waals surface area contributed by atoms with Crippen LogP contribution in [0.1, 0.15) is 99.9 Å². The average molecular weight is 1240 g/mol. The molecule has 6 aromatic carbocycles. The van der Waals surface area contributed by atoms with E-state index in [1.807, 2.05) is 0 Å². The Bertz CT molecular complexity index is 4590. The Kier molecular flexibility index (Phi) is 17.9. The van der Waals surface area contributed by atoms with E-state index in [1.165, 1.54) is 24.3 Å². The zero-order chi connectivity index (χ0) is 64.2. The number of allylic oxidation sites excluding steroid dienone is 8. The van der Waals surface area contributed by atoms with Crippen LogP contribution in [0.4, 0.5) is 26.3 Å². The minimum absolute atomic E-state index is 0.0106. The molecule has 0 aliphatic heterocycles. The fraction of sp³-hybridized carbons (Fsp3) is 0.242. The van der Waals surface area contributed by atoms with E-state index >= 15 is 13.2 Å². The summed E-state index contributed by atoms with van der Waals surface area (Å²) in [6, 6.07) is 14.6. The Morgan fingerprint density at radius 3 is 1.30 bits per heavy atom. The largest absolute Gasteiger partial charge is 0.507 e. The van der Waals surface area contributed by atoms with Crippen LogP contribution in [-0.4, -0.2) is 36.7 Å². The van der Waals surface area contributed by atoms with E-state index in [4.69, 9.17) is 13.0 Å². The van der Waals surface area contributed by atoms with Gasteiger partial charge in [0, 0.05) is 44.5 Å². The predicted octanol–water partition coefficient (Wildman–Crippen LogP) is 16.4. The number of aromatic hydroxyl groups is 3. The van der Waals surface area contributed by atoms with E-state index < -0.39 is 115 Å². The van der Waals surface area contributed by atoms with Crippen molar-refractivity contribution in [1.29, 1.82) is 0 Å². The van der Waals surface area contributed by atoms with Gasteiger partial charge in [0.1, 0.15) is 32.1 Å². The molecule has 0 saturated carbocycles. The summed E-state index contributed by atoms with van der Waals surface area (Å²) in [5, 5.41) is 34.7. The summed E-state index contributed by atoms with van der Waals surface area (Å²) in [6.45, 7) is 17.0. The smallest absolute Gasteiger partial charge is 0.416 e. The number of rotatable bonds is 16. The summed E-state index contributed by atoms with van der Waals surface area (Å²) in [5.74, 6) is -4.93. The zero-order valence-electron chi connectivity index (χ0n) is 48.8. The summed E-state index contributed by atoms with van der Waals surface area (Å²) >= 11 is 0. The highest BCUT2D eigenvalue weighted by Gasteiger charge is 2.37. The highest BCUT2D eigenvalue weighted by molar-refractivity contribution is 7.87. The van der Waals surface area contributed by atoms with E-state index in [1.54, 1.807) is 93.5 Å². The lowest BCUT2D eigenvalue weighted by molar-refractivity contribution is -0.138. The number of benzene rings is 6. The molecule has 0 radical (unpaired) electrons. The van der Waals surface area contributed by atoms with Gasteiger partial charge in [-0.2, -0.15) is 43.2 Å². The first kappa shape index (κ1) is 64.3. The third-order valence-corrected chi connectivity index (χ3v) is 16.5. The van der Waals surface area contributed by atoms with Crippen LogP contribution in [0.2, 0.25) is 0 Å². The maximum atomic E-state index is 16.0. The highest BCUT2D eigenvalue weighted by Crippen LogP contribution is 2.50. The number of aryl methyl sites for hydroxylation is 2. The van der Waals surface area contributed by atoms with Crippen molar-refractivity contribution in [3.05, 3.63) is 196 Å². The number of halogens is 6. The van der Waals surface area contributed by atoms with Gasteiger partial charge in [-0.15, -0.1) is 0 Å². The molecule has 21 heteroatoms. The number of fused-ring (bicyclic) bond motifs is 2. The second kappa shape index (κ2) is 24.2. The summed E-state index contributed by atoms with van der Waals surface area (Å²) in [5.41, 5.74) is -3.45. The van der Waals surface area contributed by atoms with Crippen LogP contribution in [0.25, 0.3) is 66.8 Å². The lowest BCUT2D eigenvalue weighted by Crippen LogP contribution is -2.17. The zero-order valence-corrected chi connectivity index (χ0v) is 50.4. The molecule has 4 N–H and O–H groups in total. The molecule has 0 fully saturated rings. The SMILES string of the molecule is CC(C)=CCc1c(OS(=O)(=O)c2ccc(C)cc2-c2c(CC=C(C)C)c(-c3cc(C)ccc3S(=O)(=O)O)c(CC=C(C)C)c3oc(-c4ccc(C(F)(F)F)cc4)c(O)c(=O)c23)c(CC=C(C)C)c2oc(-c3ccc(C(F)(F)F)cc3)c(O)c(=O)c2c1O. The van der Waals surface area contributed by atoms with Gasteiger partial charge in [-0.3, -0.25) is 14.1 Å². The molecule has 0 bridgehead atoms. The highest BCUT2D eigenvalue weighted by atomic mass is 32.2. The van der Waals surface area contributed by atoms with Crippen molar-refractivity contribution in [3.8, 4) is 67.9 Å². The van der Waals surface area contributed by atoms with Crippen molar-refractivity contribution in [2.24, 2.45) is 0 Å². The normalized spacial score (nSPS) is 12.1. The van der Waals surface area contributed by atoms with Crippen molar-refractivity contribution in [1.82, 2.24) is 0 Å². The molecule has 8 aromatic rings. The molecule has 0 aliphatic carbocycles. The molecule has 2 aromatic heterocycles. The third-order valence-electron chi connectivity index (χ3n) is 14.3. The Morgan fingerprint density at radius 2 is 0.874 bits per heavy atom. The van der Waals surface area contributed by atoms with Gasteiger partial charge in [0.2, 0.25) is 22.4 Å². The lowest BCUT2D eigenvalue weighted by atomic mass is 9.82. The molecule has 2 heterocycles. The number of phenols is 1. The van der Waals surface area contributed by atoms with E-state index in [0.717, 1.165) is 36.4 Å². The van der Waals surface area contributed by atoms with Crippen LogP contribution in [0.15, 0.2) is 160 Å². The molecule has 456 valence electrons. The van der Waals surface area contributed by atoms with Crippen molar-refractivity contribution in [2.45, 2.75) is 117 Å². The van der Waals surface area contributed by atoms with Crippen LogP contribution in [0, 0.1) is 13.8 Å². The van der Waals surface area contributed by atoms with Crippen molar-refractivity contribution >= 4 is 42.2 Å². The predicted molar refractivity (Wildman–Crippen MR) is 321 cm³/mol. The molecule has 0 amide bonds. The summed E-state index contributed by atoms with van der Waals surface area (Å²) in [4.78, 5) is 28.6. The van der Waals surface area contributed by atoms with Crippen LogP contribution in [0.3, 0.4) is 0 Å². The first-order chi connectivity index (χ1) is 40.5. The first-order valence-electron chi connectivity index (χ1n) is 27.0. The number of alkyl halides is 6. The minimum atomic E-state index is -5.45. The van der Waals surface area contributed by atoms with E-state index in [-0.39, 0.29) is 86.9 Å². The van der Waals surface area contributed by atoms with Gasteiger partial charge in [-0.05, 0) is 149 Å². The molecule has 0 unspecified atom stereocenters. The van der Waals surface area contributed by atoms with Crippen molar-refractivity contribution < 1.29 is 76.1 Å². The van der Waals surface area contributed by atoms with Gasteiger partial charge in [-0.1, -0.05) is 100 Å². The molecular formula is C66H60F6O13S2. The topological polar surface area (TPSA) is 219 Å². The summed E-state index contributed by atoms with van der Waals surface area (Å²) < 4.78 is 172. The molecule has 8 rings (SSSR count). The molecular weight excluding hydrogens is 1180 g/mol. The van der Waals surface area contributed by atoms with Gasteiger partial charge in [0.25, 0.3) is 10.1 Å². The fourth-order valence-corrected chi connectivity index (χ4v) is 11.9. The molecule has 87 heavy (non-hydrogen) atoms. The van der Waals surface area contributed by atoms with Gasteiger partial charge in [0.05, 0.1) is 16.5 Å². The number of hydrogen-bond acceptors (Lipinski definition) is 12. The van der Waals surface area contributed by atoms with Crippen LogP contribution in [0.5, 0.6) is 23.0 Å². The Balaban J connectivity index is 1.57. The van der Waals surface area contributed by atoms with Crippen molar-refractivity contribution in [2.75, 3.05) is 0 Å². The molecule has 0 saturated heterocycles. The second-order valence-electron chi connectivity index (χ2n) is 22.1. The van der Waals surface area contributed by atoms with Crippen LogP contribution < -0.4 is 15.0 Å². The number of hydrogen-bond donors (Lipinski definition) is 4. The van der Waals surface area contributed by atoms with Gasteiger partial charge in [-0.25, -0.2) is 0 Å². The van der Waals surface area contributed by atoms with E-state index in [9.17, 15) is 59.4 Å². The Labute approximate surface area is 497 Å². The molecule has 0 atom stereocenters. The lowest BCUT2D eigenvalue weighted by Gasteiger charge is -2.25. The van der Waals surface area contributed by atoms with Crippen LogP contribution in [-0.2, 0) is 58.3 Å². The quantitative estimate of drug-likeness (QED) is 0.0307. The molecule has 13 nitrogen and oxygen atoms in total.